The van der Waals surface area contributed by atoms with Crippen molar-refractivity contribution in [2.45, 2.75) is 33.0 Å². The fourth-order valence-corrected chi connectivity index (χ4v) is 7.04. The van der Waals surface area contributed by atoms with Gasteiger partial charge in [-0.1, -0.05) is 73.7 Å². The minimum atomic E-state index is -0.797. The van der Waals surface area contributed by atoms with Crippen molar-refractivity contribution in [3.63, 3.8) is 0 Å². The highest BCUT2D eigenvalue weighted by atomic mass is 32.1. The molecule has 0 bridgehead atoms. The van der Waals surface area contributed by atoms with Crippen LogP contribution < -0.4 is 22.0 Å². The molecule has 0 fully saturated rings. The Hall–Kier alpha value is -5.43. The average Bonchev–Trinajstić information content (AvgIpc) is 3.48. The highest BCUT2D eigenvalue weighted by molar-refractivity contribution is 7.22. The number of urea groups is 1. The third-order valence-electron chi connectivity index (χ3n) is 8.06. The number of halogens is 2. The number of hydrogen-bond donors (Lipinski definition) is 2. The predicted molar refractivity (Wildman–Crippen MR) is 193 cm³/mol. The molecule has 0 spiro atoms. The number of carbonyl (C=O) groups excluding carboxylic acids is 1. The van der Waals surface area contributed by atoms with Gasteiger partial charge in [0.25, 0.3) is 5.56 Å². The lowest BCUT2D eigenvalue weighted by atomic mass is 10.1. The topological polar surface area (TPSA) is 97.6 Å². The van der Waals surface area contributed by atoms with Gasteiger partial charge in [-0.05, 0) is 66.6 Å². The fraction of sp³-hybridized carbons (Fsp3) is 0.184. The standard InChI is InChI=1S/C38H35F2N5O4S/c1-3-21-49-42-37(47)41-27-19-17-26(18-20-27)34-30(23-43(2)22-25-11-6-4-7-12-25)33-35(46)45(28-13-8-5-9-14-28)38(48)44(36(33)50-34)24-29-31(39)15-10-16-32(29)40/h4-20H,3,21-24H2,1-2H3,(H2,41,42,47). The molecule has 6 rings (SSSR count). The number of fused-ring (bicyclic) bond motifs is 1. The number of aromatic nitrogens is 2. The van der Waals surface area contributed by atoms with Gasteiger partial charge < -0.3 is 5.32 Å². The molecule has 2 heterocycles. The van der Waals surface area contributed by atoms with Crippen LogP contribution in [0.15, 0.2) is 113 Å². The maximum absolute atomic E-state index is 15.0. The van der Waals surface area contributed by atoms with Crippen molar-refractivity contribution in [2.24, 2.45) is 0 Å². The van der Waals surface area contributed by atoms with Crippen LogP contribution in [0.2, 0.25) is 0 Å². The number of hydrogen-bond acceptors (Lipinski definition) is 6. The Morgan fingerprint density at radius 1 is 0.840 bits per heavy atom. The number of nitrogens with one attached hydrogen (secondary N) is 2. The van der Waals surface area contributed by atoms with Crippen LogP contribution in [0, 0.1) is 11.6 Å². The van der Waals surface area contributed by atoms with E-state index in [0.29, 0.717) is 46.3 Å². The molecule has 0 aliphatic rings. The Labute approximate surface area is 291 Å². The molecule has 4 aromatic carbocycles. The lowest BCUT2D eigenvalue weighted by Crippen LogP contribution is -2.39. The van der Waals surface area contributed by atoms with E-state index in [1.165, 1.54) is 22.0 Å². The average molecular weight is 696 g/mol. The Bertz CT molecular complexity index is 2220. The van der Waals surface area contributed by atoms with Crippen LogP contribution in [0.5, 0.6) is 0 Å². The van der Waals surface area contributed by atoms with Crippen molar-refractivity contribution >= 4 is 33.3 Å². The molecule has 6 aromatic rings. The molecule has 0 saturated carbocycles. The Morgan fingerprint density at radius 2 is 1.50 bits per heavy atom. The molecule has 2 aromatic heterocycles. The number of para-hydroxylation sites is 1. The fourth-order valence-electron chi connectivity index (χ4n) is 5.74. The van der Waals surface area contributed by atoms with Gasteiger partial charge in [0, 0.05) is 29.2 Å². The lowest BCUT2D eigenvalue weighted by Gasteiger charge is -2.18. The van der Waals surface area contributed by atoms with Crippen molar-refractivity contribution in [1.82, 2.24) is 19.5 Å². The predicted octanol–water partition coefficient (Wildman–Crippen LogP) is 7.30. The monoisotopic (exact) mass is 695 g/mol. The van der Waals surface area contributed by atoms with Crippen LogP contribution in [0.3, 0.4) is 0 Å². The van der Waals surface area contributed by atoms with E-state index < -0.39 is 35.5 Å². The maximum Gasteiger partial charge on any atom is 0.343 e. The number of thiophene rings is 1. The first-order valence-electron chi connectivity index (χ1n) is 16.1. The number of hydroxylamine groups is 1. The lowest BCUT2D eigenvalue weighted by molar-refractivity contribution is 0.0664. The Balaban J connectivity index is 1.53. The summed E-state index contributed by atoms with van der Waals surface area (Å²) >= 11 is 1.21. The zero-order valence-electron chi connectivity index (χ0n) is 27.5. The molecule has 0 unspecified atom stereocenters. The van der Waals surface area contributed by atoms with Gasteiger partial charge in [0.15, 0.2) is 0 Å². The van der Waals surface area contributed by atoms with Crippen LogP contribution in [-0.2, 0) is 24.5 Å². The molecular formula is C38H35F2N5O4S. The van der Waals surface area contributed by atoms with Crippen LogP contribution >= 0.6 is 11.3 Å². The van der Waals surface area contributed by atoms with Gasteiger partial charge >= 0.3 is 11.7 Å². The maximum atomic E-state index is 15.0. The quantitative estimate of drug-likeness (QED) is 0.104. The van der Waals surface area contributed by atoms with E-state index in [-0.39, 0.29) is 10.9 Å². The first-order chi connectivity index (χ1) is 24.2. The molecule has 2 N–H and O–H groups in total. The van der Waals surface area contributed by atoms with Gasteiger partial charge in [-0.15, -0.1) is 11.3 Å². The van der Waals surface area contributed by atoms with Crippen molar-refractivity contribution < 1.29 is 18.4 Å². The second-order valence-corrected chi connectivity index (χ2v) is 12.8. The molecular weight excluding hydrogens is 661 g/mol. The smallest absolute Gasteiger partial charge is 0.306 e. The Morgan fingerprint density at radius 3 is 2.16 bits per heavy atom. The van der Waals surface area contributed by atoms with E-state index in [4.69, 9.17) is 4.84 Å². The van der Waals surface area contributed by atoms with E-state index in [1.54, 1.807) is 42.5 Å². The van der Waals surface area contributed by atoms with E-state index in [1.807, 2.05) is 56.4 Å². The normalized spacial score (nSPS) is 11.3. The minimum Gasteiger partial charge on any atom is -0.306 e. The zero-order valence-corrected chi connectivity index (χ0v) is 28.3. The van der Waals surface area contributed by atoms with Gasteiger partial charge in [-0.2, -0.15) is 0 Å². The first kappa shape index (κ1) is 34.4. The van der Waals surface area contributed by atoms with Crippen molar-refractivity contribution in [1.29, 1.82) is 0 Å². The summed E-state index contributed by atoms with van der Waals surface area (Å²) in [6.07, 6.45) is 0.743. The summed E-state index contributed by atoms with van der Waals surface area (Å²) in [6.45, 7) is 2.76. The third-order valence-corrected chi connectivity index (χ3v) is 9.37. The summed E-state index contributed by atoms with van der Waals surface area (Å²) in [4.78, 5) is 49.1. The molecule has 0 aliphatic heterocycles. The van der Waals surface area contributed by atoms with Crippen molar-refractivity contribution in [3.8, 4) is 16.1 Å². The summed E-state index contributed by atoms with van der Waals surface area (Å²) in [5, 5.41) is 3.00. The largest absolute Gasteiger partial charge is 0.343 e. The SMILES string of the molecule is CCCONC(=O)Nc1ccc(-c2sc3c(c2CN(C)Cc2ccccc2)c(=O)n(-c2ccccc2)c(=O)n3Cc2c(F)cccc2F)cc1. The van der Waals surface area contributed by atoms with Gasteiger partial charge in [-0.3, -0.25) is 19.1 Å². The van der Waals surface area contributed by atoms with E-state index >= 15 is 8.78 Å². The summed E-state index contributed by atoms with van der Waals surface area (Å²) in [7, 11) is 1.94. The van der Waals surface area contributed by atoms with Gasteiger partial charge in [0.2, 0.25) is 0 Å². The first-order valence-corrected chi connectivity index (χ1v) is 16.9. The van der Waals surface area contributed by atoms with E-state index in [0.717, 1.165) is 34.2 Å². The molecule has 50 heavy (non-hydrogen) atoms. The molecule has 12 heteroatoms. The zero-order chi connectivity index (χ0) is 35.2. The number of carbonyl (C=O) groups is 1. The van der Waals surface area contributed by atoms with Crippen LogP contribution in [-0.4, -0.2) is 33.7 Å². The second-order valence-electron chi connectivity index (χ2n) is 11.8. The molecule has 0 atom stereocenters. The third kappa shape index (κ3) is 7.42. The Kier molecular flexibility index (Phi) is 10.6. The highest BCUT2D eigenvalue weighted by Crippen LogP contribution is 2.38. The minimum absolute atomic E-state index is 0.278. The van der Waals surface area contributed by atoms with Crippen LogP contribution in [0.25, 0.3) is 26.3 Å². The van der Waals surface area contributed by atoms with E-state index in [2.05, 4.69) is 15.7 Å². The number of anilines is 1. The molecule has 0 saturated heterocycles. The molecule has 256 valence electrons. The summed E-state index contributed by atoms with van der Waals surface area (Å²) < 4.78 is 32.4. The summed E-state index contributed by atoms with van der Waals surface area (Å²) in [5.41, 5.74) is 4.09. The molecule has 0 radical (unpaired) electrons. The van der Waals surface area contributed by atoms with Gasteiger partial charge in [-0.25, -0.2) is 28.4 Å². The number of amides is 2. The summed E-state index contributed by atoms with van der Waals surface area (Å²) in [5.74, 6) is -1.59. The van der Waals surface area contributed by atoms with Crippen molar-refractivity contribution in [3.05, 3.63) is 152 Å². The number of benzene rings is 4. The molecule has 0 aliphatic carbocycles. The highest BCUT2D eigenvalue weighted by Gasteiger charge is 2.25. The van der Waals surface area contributed by atoms with Gasteiger partial charge in [0.1, 0.15) is 16.5 Å². The second kappa shape index (κ2) is 15.4. The summed E-state index contributed by atoms with van der Waals surface area (Å²) in [6, 6.07) is 28.5. The van der Waals surface area contributed by atoms with Crippen molar-refractivity contribution in [2.75, 3.05) is 19.0 Å². The molecule has 9 nitrogen and oxygen atoms in total. The van der Waals surface area contributed by atoms with Crippen LogP contribution in [0.4, 0.5) is 19.3 Å². The molecule has 2 amide bonds. The van der Waals surface area contributed by atoms with Crippen LogP contribution in [0.1, 0.15) is 30.0 Å². The van der Waals surface area contributed by atoms with Gasteiger partial charge in [0.05, 0.1) is 24.2 Å². The number of nitrogens with zero attached hydrogens (tertiary/aromatic N) is 3. The number of rotatable bonds is 12. The van der Waals surface area contributed by atoms with E-state index in [9.17, 15) is 14.4 Å².